The molecular weight excluding hydrogens is 388 g/mol. The number of aryl methyl sites for hydroxylation is 2. The molecule has 0 radical (unpaired) electrons. The Morgan fingerprint density at radius 3 is 2.65 bits per heavy atom. The van der Waals surface area contributed by atoms with Gasteiger partial charge in [0.15, 0.2) is 5.82 Å². The van der Waals surface area contributed by atoms with Crippen LogP contribution in [0.5, 0.6) is 0 Å². The summed E-state index contributed by atoms with van der Waals surface area (Å²) >= 11 is 0. The van der Waals surface area contributed by atoms with Crippen LogP contribution in [0.15, 0.2) is 59.5 Å². The van der Waals surface area contributed by atoms with E-state index in [0.717, 1.165) is 58.1 Å². The average Bonchev–Trinajstić information content (AvgIpc) is 3.44. The molecule has 156 valence electrons. The molecule has 3 aromatic heterocycles. The maximum absolute atomic E-state index is 13.1. The van der Waals surface area contributed by atoms with Crippen molar-refractivity contribution in [2.45, 2.75) is 19.4 Å². The summed E-state index contributed by atoms with van der Waals surface area (Å²) in [6, 6.07) is 16.5. The molecule has 1 unspecified atom stereocenters. The van der Waals surface area contributed by atoms with Gasteiger partial charge in [-0.2, -0.15) is 5.10 Å². The zero-order valence-corrected chi connectivity index (χ0v) is 17.4. The second-order valence-corrected chi connectivity index (χ2v) is 8.42. The third kappa shape index (κ3) is 2.56. The first kappa shape index (κ1) is 18.2. The molecule has 1 aliphatic heterocycles. The number of fused-ring (bicyclic) bond motifs is 4. The van der Waals surface area contributed by atoms with Crippen LogP contribution in [0.25, 0.3) is 38.9 Å². The number of H-pyrrole nitrogens is 1. The molecule has 31 heavy (non-hydrogen) atoms. The third-order valence-corrected chi connectivity index (χ3v) is 6.66. The van der Waals surface area contributed by atoms with E-state index in [1.807, 2.05) is 31.4 Å². The van der Waals surface area contributed by atoms with E-state index < -0.39 is 0 Å². The van der Waals surface area contributed by atoms with Crippen molar-refractivity contribution in [1.82, 2.24) is 23.9 Å². The minimum atomic E-state index is -0.225. The Bertz CT molecular complexity index is 1500. The molecule has 0 spiro atoms. The van der Waals surface area contributed by atoms with Gasteiger partial charge in [0.1, 0.15) is 0 Å². The molecule has 7 nitrogen and oxygen atoms in total. The van der Waals surface area contributed by atoms with Gasteiger partial charge in [-0.15, -0.1) is 0 Å². The second kappa shape index (κ2) is 6.72. The minimum Gasteiger partial charge on any atom is -0.350 e. The van der Waals surface area contributed by atoms with E-state index in [2.05, 4.69) is 49.7 Å². The van der Waals surface area contributed by atoms with Crippen LogP contribution >= 0.6 is 0 Å². The van der Waals surface area contributed by atoms with Gasteiger partial charge in [-0.3, -0.25) is 0 Å². The predicted octanol–water partition coefficient (Wildman–Crippen LogP) is 3.20. The van der Waals surface area contributed by atoms with E-state index >= 15 is 0 Å². The van der Waals surface area contributed by atoms with Crippen LogP contribution in [-0.4, -0.2) is 30.4 Å². The van der Waals surface area contributed by atoms with Gasteiger partial charge in [0, 0.05) is 47.3 Å². The number of hydrogen-bond acceptors (Lipinski definition) is 3. The van der Waals surface area contributed by atoms with Gasteiger partial charge in [0.25, 0.3) is 0 Å². The Hall–Kier alpha value is -3.58. The van der Waals surface area contributed by atoms with Crippen LogP contribution in [0, 0.1) is 5.92 Å². The smallest absolute Gasteiger partial charge is 0.348 e. The van der Waals surface area contributed by atoms with Crippen molar-refractivity contribution < 1.29 is 0 Å². The van der Waals surface area contributed by atoms with Crippen molar-refractivity contribution in [1.29, 1.82) is 0 Å². The summed E-state index contributed by atoms with van der Waals surface area (Å²) in [7, 11) is 2.02. The fourth-order valence-electron chi connectivity index (χ4n) is 5.14. The number of rotatable bonds is 3. The predicted molar refractivity (Wildman–Crippen MR) is 122 cm³/mol. The summed E-state index contributed by atoms with van der Waals surface area (Å²) in [6.45, 7) is 1.56. The Balaban J connectivity index is 1.68. The van der Waals surface area contributed by atoms with Crippen molar-refractivity contribution in [2.75, 3.05) is 6.54 Å². The lowest BCUT2D eigenvalue weighted by molar-refractivity contribution is 0.401. The summed E-state index contributed by atoms with van der Waals surface area (Å²) < 4.78 is 6.18. The SMILES string of the molecule is Cn1cc(-c2n[nH]c(=O)n2-c2c3n(c4ccccc24)CCC(CN)C3)c2ccccc21. The lowest BCUT2D eigenvalue weighted by Crippen LogP contribution is -2.27. The van der Waals surface area contributed by atoms with Gasteiger partial charge in [-0.05, 0) is 37.4 Å². The van der Waals surface area contributed by atoms with E-state index in [4.69, 9.17) is 5.73 Å². The highest BCUT2D eigenvalue weighted by atomic mass is 16.1. The van der Waals surface area contributed by atoms with Gasteiger partial charge >= 0.3 is 5.69 Å². The largest absolute Gasteiger partial charge is 0.350 e. The first-order chi connectivity index (χ1) is 15.2. The number of aromatic nitrogens is 5. The first-order valence-corrected chi connectivity index (χ1v) is 10.7. The summed E-state index contributed by atoms with van der Waals surface area (Å²) in [5.41, 5.74) is 11.1. The van der Waals surface area contributed by atoms with Crippen molar-refractivity contribution in [2.24, 2.45) is 18.7 Å². The molecular formula is C24H24N6O. The fraction of sp³-hybridized carbons (Fsp3) is 0.250. The molecule has 0 saturated carbocycles. The van der Waals surface area contributed by atoms with E-state index in [9.17, 15) is 4.79 Å². The number of nitrogens with two attached hydrogens (primary N) is 1. The van der Waals surface area contributed by atoms with Crippen molar-refractivity contribution in [3.05, 3.63) is 70.9 Å². The van der Waals surface area contributed by atoms with Crippen molar-refractivity contribution >= 4 is 21.8 Å². The highest BCUT2D eigenvalue weighted by Gasteiger charge is 2.28. The Morgan fingerprint density at radius 2 is 1.84 bits per heavy atom. The van der Waals surface area contributed by atoms with Crippen LogP contribution < -0.4 is 11.4 Å². The maximum atomic E-state index is 13.1. The second-order valence-electron chi connectivity index (χ2n) is 8.42. The van der Waals surface area contributed by atoms with Crippen LogP contribution in [-0.2, 0) is 20.0 Å². The van der Waals surface area contributed by atoms with Gasteiger partial charge in [-0.1, -0.05) is 36.4 Å². The average molecular weight is 412 g/mol. The summed E-state index contributed by atoms with van der Waals surface area (Å²) in [5.74, 6) is 1.05. The molecule has 0 saturated heterocycles. The fourth-order valence-corrected chi connectivity index (χ4v) is 5.14. The Kier molecular flexibility index (Phi) is 3.94. The van der Waals surface area contributed by atoms with Gasteiger partial charge in [-0.25, -0.2) is 14.5 Å². The summed E-state index contributed by atoms with van der Waals surface area (Å²) in [4.78, 5) is 13.1. The molecule has 0 aliphatic carbocycles. The number of hydrogen-bond donors (Lipinski definition) is 2. The van der Waals surface area contributed by atoms with Gasteiger partial charge < -0.3 is 14.9 Å². The molecule has 0 amide bonds. The Morgan fingerprint density at radius 1 is 1.10 bits per heavy atom. The molecule has 1 aliphatic rings. The number of para-hydroxylation sites is 2. The van der Waals surface area contributed by atoms with Crippen LogP contribution in [0.2, 0.25) is 0 Å². The zero-order valence-electron chi connectivity index (χ0n) is 17.4. The van der Waals surface area contributed by atoms with E-state index in [0.29, 0.717) is 18.3 Å². The number of nitrogens with zero attached hydrogens (tertiary/aromatic N) is 4. The zero-order chi connectivity index (χ0) is 21.1. The van der Waals surface area contributed by atoms with Crippen molar-refractivity contribution in [3.8, 4) is 17.1 Å². The summed E-state index contributed by atoms with van der Waals surface area (Å²) in [6.07, 6.45) is 3.95. The van der Waals surface area contributed by atoms with E-state index in [1.54, 1.807) is 4.57 Å². The maximum Gasteiger partial charge on any atom is 0.348 e. The Labute approximate surface area is 178 Å². The van der Waals surface area contributed by atoms with Crippen molar-refractivity contribution in [3.63, 3.8) is 0 Å². The highest BCUT2D eigenvalue weighted by molar-refractivity contribution is 5.96. The lowest BCUT2D eigenvalue weighted by atomic mass is 9.95. The first-order valence-electron chi connectivity index (χ1n) is 10.7. The molecule has 6 rings (SSSR count). The molecule has 2 aromatic carbocycles. The van der Waals surface area contributed by atoms with Crippen LogP contribution in [0.4, 0.5) is 0 Å². The van der Waals surface area contributed by atoms with Crippen LogP contribution in [0.3, 0.4) is 0 Å². The molecule has 3 N–H and O–H groups in total. The molecule has 7 heteroatoms. The van der Waals surface area contributed by atoms with Gasteiger partial charge in [0.05, 0.1) is 11.2 Å². The quantitative estimate of drug-likeness (QED) is 0.477. The molecule has 5 aromatic rings. The van der Waals surface area contributed by atoms with E-state index in [1.165, 1.54) is 0 Å². The number of benzene rings is 2. The molecule has 0 fully saturated rings. The van der Waals surface area contributed by atoms with Gasteiger partial charge in [0.2, 0.25) is 0 Å². The highest BCUT2D eigenvalue weighted by Crippen LogP contribution is 2.37. The summed E-state index contributed by atoms with van der Waals surface area (Å²) in [5, 5.41) is 9.33. The molecule has 0 bridgehead atoms. The third-order valence-electron chi connectivity index (χ3n) is 6.66. The molecule has 1 atom stereocenters. The van der Waals surface area contributed by atoms with E-state index in [-0.39, 0.29) is 5.69 Å². The lowest BCUT2D eigenvalue weighted by Gasteiger charge is -2.24. The standard InChI is InChI=1S/C24H24N6O/c1-28-14-18(16-6-2-4-8-19(16)28)23-26-27-24(31)30(23)22-17-7-3-5-9-20(17)29-11-10-15(13-25)12-21(22)29/h2-9,14-15H,10-13,25H2,1H3,(H,27,31). The number of nitrogens with one attached hydrogen (secondary N) is 1. The topological polar surface area (TPSA) is 86.6 Å². The number of aromatic amines is 1. The molecule has 4 heterocycles. The minimum absolute atomic E-state index is 0.225. The monoisotopic (exact) mass is 412 g/mol. The van der Waals surface area contributed by atoms with Crippen LogP contribution in [0.1, 0.15) is 12.1 Å². The normalized spacial score (nSPS) is 16.3.